The van der Waals surface area contributed by atoms with Crippen LogP contribution in [0.5, 0.6) is 0 Å². The number of carbonyl (C=O) groups excluding carboxylic acids is 1. The van der Waals surface area contributed by atoms with Gasteiger partial charge in [-0.25, -0.2) is 0 Å². The number of carbonyl (C=O) groups is 1. The Morgan fingerprint density at radius 1 is 0.710 bits per heavy atom. The molecule has 0 radical (unpaired) electrons. The molecule has 4 aliphatic carbocycles. The molecule has 62 heavy (non-hydrogen) atoms. The minimum atomic E-state index is -1.71. The van der Waals surface area contributed by atoms with Gasteiger partial charge in [-0.15, -0.1) is 0 Å². The molecule has 16 heteroatoms. The minimum absolute atomic E-state index is 0.0373. The number of hydrogen-bond donors (Lipinski definition) is 9. The Bertz CT molecular complexity index is 1590. The highest BCUT2D eigenvalue weighted by molar-refractivity contribution is 5.62. The van der Waals surface area contributed by atoms with Gasteiger partial charge in [0.1, 0.15) is 61.2 Å². The Hall–Kier alpha value is -1.19. The Morgan fingerprint density at radius 3 is 2.03 bits per heavy atom. The number of ether oxygens (including phenoxy) is 6. The Balaban J connectivity index is 1.13. The SMILES string of the molecule is CC(C)=CCCC(O)(CO)C1CCC2(C)C1CCC1C3(C=O)CCC(OC4OCC(O)C(OC5OC(C)C(O)C(O)C5O)C4OC4OCC(O)C(O)C4O)C(C)(C)C3CCC12C. The van der Waals surface area contributed by atoms with E-state index in [-0.39, 0.29) is 54.3 Å². The summed E-state index contributed by atoms with van der Waals surface area (Å²) in [6, 6.07) is 0. The molecule has 9 N–H and O–H groups in total. The van der Waals surface area contributed by atoms with Crippen LogP contribution in [0.15, 0.2) is 11.6 Å². The molecule has 0 spiro atoms. The van der Waals surface area contributed by atoms with Gasteiger partial charge in [0, 0.05) is 5.41 Å². The van der Waals surface area contributed by atoms with Gasteiger partial charge in [0.25, 0.3) is 0 Å². The van der Waals surface area contributed by atoms with Crippen molar-refractivity contribution < 1.29 is 79.2 Å². The van der Waals surface area contributed by atoms with E-state index >= 15 is 0 Å². The van der Waals surface area contributed by atoms with Crippen molar-refractivity contribution >= 4 is 6.29 Å². The van der Waals surface area contributed by atoms with E-state index in [0.29, 0.717) is 25.7 Å². The van der Waals surface area contributed by atoms with Gasteiger partial charge in [-0.2, -0.15) is 0 Å². The maximum absolute atomic E-state index is 13.9. The number of rotatable bonds is 12. The third-order valence-electron chi connectivity index (χ3n) is 17.8. The van der Waals surface area contributed by atoms with Crippen molar-refractivity contribution in [3.05, 3.63) is 11.6 Å². The molecular formula is C46H76O16. The van der Waals surface area contributed by atoms with E-state index in [9.17, 15) is 50.8 Å². The number of aldehydes is 1. The molecule has 3 aliphatic heterocycles. The summed E-state index contributed by atoms with van der Waals surface area (Å²) < 4.78 is 36.7. The van der Waals surface area contributed by atoms with Crippen molar-refractivity contribution in [1.82, 2.24) is 0 Å². The molecule has 0 bridgehead atoms. The summed E-state index contributed by atoms with van der Waals surface area (Å²) in [5, 5.41) is 97.3. The van der Waals surface area contributed by atoms with Gasteiger partial charge in [-0.05, 0) is 125 Å². The lowest BCUT2D eigenvalue weighted by atomic mass is 9.35. The molecule has 3 heterocycles. The van der Waals surface area contributed by atoms with Crippen molar-refractivity contribution in [3.63, 3.8) is 0 Å². The first kappa shape index (κ1) is 48.7. The van der Waals surface area contributed by atoms with Crippen LogP contribution < -0.4 is 0 Å². The zero-order valence-electron chi connectivity index (χ0n) is 37.6. The fraction of sp³-hybridized carbons (Fsp3) is 0.935. The third kappa shape index (κ3) is 8.10. The van der Waals surface area contributed by atoms with E-state index < -0.39 is 102 Å². The molecule has 7 rings (SSSR count). The molecule has 0 aromatic rings. The zero-order valence-corrected chi connectivity index (χ0v) is 37.6. The van der Waals surface area contributed by atoms with E-state index in [1.54, 1.807) is 0 Å². The van der Waals surface area contributed by atoms with Crippen molar-refractivity contribution in [3.8, 4) is 0 Å². The zero-order chi connectivity index (χ0) is 45.3. The second kappa shape index (κ2) is 18.1. The van der Waals surface area contributed by atoms with Crippen molar-refractivity contribution in [1.29, 1.82) is 0 Å². The van der Waals surface area contributed by atoms with E-state index in [2.05, 4.69) is 33.8 Å². The van der Waals surface area contributed by atoms with Crippen LogP contribution in [0.1, 0.15) is 113 Å². The summed E-state index contributed by atoms with van der Waals surface area (Å²) in [7, 11) is 0. The Morgan fingerprint density at radius 2 is 1.35 bits per heavy atom. The molecule has 22 atom stereocenters. The first-order chi connectivity index (χ1) is 29.1. The summed E-state index contributed by atoms with van der Waals surface area (Å²) in [5.41, 5.74) is -1.59. The molecular weight excluding hydrogens is 808 g/mol. The van der Waals surface area contributed by atoms with Gasteiger partial charge in [-0.3, -0.25) is 0 Å². The van der Waals surface area contributed by atoms with Gasteiger partial charge >= 0.3 is 0 Å². The van der Waals surface area contributed by atoms with Crippen LogP contribution in [0.25, 0.3) is 0 Å². The number of allylic oxidation sites excluding steroid dienone is 2. The predicted molar refractivity (Wildman–Crippen MR) is 221 cm³/mol. The van der Waals surface area contributed by atoms with E-state index in [0.717, 1.165) is 38.5 Å². The van der Waals surface area contributed by atoms with Crippen LogP contribution in [0.2, 0.25) is 0 Å². The second-order valence-electron chi connectivity index (χ2n) is 21.5. The summed E-state index contributed by atoms with van der Waals surface area (Å²) in [6.45, 7) is 13.6. The number of aliphatic hydroxyl groups excluding tert-OH is 8. The third-order valence-corrected chi connectivity index (χ3v) is 17.8. The summed E-state index contributed by atoms with van der Waals surface area (Å²) in [6.07, 6.45) is -8.71. The fourth-order valence-electron chi connectivity index (χ4n) is 14.0. The van der Waals surface area contributed by atoms with E-state index in [4.69, 9.17) is 28.4 Å². The highest BCUT2D eigenvalue weighted by Crippen LogP contribution is 2.75. The van der Waals surface area contributed by atoms with Crippen molar-refractivity contribution in [2.45, 2.75) is 204 Å². The van der Waals surface area contributed by atoms with Crippen LogP contribution in [0, 0.1) is 45.3 Å². The first-order valence-corrected chi connectivity index (χ1v) is 23.1. The number of hydrogen-bond acceptors (Lipinski definition) is 16. The lowest BCUT2D eigenvalue weighted by Crippen LogP contribution is -2.67. The molecule has 7 fully saturated rings. The minimum Gasteiger partial charge on any atom is -0.393 e. The molecule has 22 unspecified atom stereocenters. The molecule has 0 aromatic carbocycles. The monoisotopic (exact) mass is 885 g/mol. The normalized spacial score (nSPS) is 51.3. The fourth-order valence-corrected chi connectivity index (χ4v) is 14.0. The highest BCUT2D eigenvalue weighted by Gasteiger charge is 2.71. The van der Waals surface area contributed by atoms with E-state index in [1.165, 1.54) is 18.8 Å². The summed E-state index contributed by atoms with van der Waals surface area (Å²) in [5.74, 6) is 0.171. The van der Waals surface area contributed by atoms with Gasteiger partial charge in [-0.1, -0.05) is 39.3 Å². The van der Waals surface area contributed by atoms with Gasteiger partial charge in [0.15, 0.2) is 18.9 Å². The molecule has 0 amide bonds. The van der Waals surface area contributed by atoms with Crippen molar-refractivity contribution in [2.75, 3.05) is 19.8 Å². The topological polar surface area (TPSA) is 255 Å². The van der Waals surface area contributed by atoms with Gasteiger partial charge < -0.3 is 79.2 Å². The van der Waals surface area contributed by atoms with Gasteiger partial charge in [0.2, 0.25) is 0 Å². The summed E-state index contributed by atoms with van der Waals surface area (Å²) in [4.78, 5) is 13.9. The number of aliphatic hydroxyl groups is 9. The quantitative estimate of drug-likeness (QED) is 0.0764. The average molecular weight is 885 g/mol. The maximum atomic E-state index is 13.9. The molecule has 7 aliphatic rings. The maximum Gasteiger partial charge on any atom is 0.187 e. The largest absolute Gasteiger partial charge is 0.393 e. The first-order valence-electron chi connectivity index (χ1n) is 23.1. The Labute approximate surface area is 365 Å². The summed E-state index contributed by atoms with van der Waals surface area (Å²) >= 11 is 0. The molecule has 16 nitrogen and oxygen atoms in total. The molecule has 356 valence electrons. The molecule has 3 saturated heterocycles. The number of fused-ring (bicyclic) bond motifs is 5. The van der Waals surface area contributed by atoms with Crippen molar-refractivity contribution in [2.24, 2.45) is 45.3 Å². The highest BCUT2D eigenvalue weighted by atomic mass is 16.8. The standard InChI is InChI=1S/C46H76O16/c1-23(2)9-8-15-46(56,22-48)26-12-16-43(6)25(26)10-11-30-44(43,7)17-13-29-42(4,5)31(14-18-45(29,30)21-47)60-41-38(62-39-35(54)33(52)27(49)19-57-39)37(28(50)20-58-41)61-40-36(55)34(53)32(51)24(3)59-40/h9,21,24-41,48-56H,8,10-20,22H2,1-7H3. The molecule has 0 aromatic heterocycles. The van der Waals surface area contributed by atoms with Crippen LogP contribution >= 0.6 is 0 Å². The van der Waals surface area contributed by atoms with Gasteiger partial charge in [0.05, 0.1) is 37.6 Å². The predicted octanol–water partition coefficient (Wildman–Crippen LogP) is 1.46. The van der Waals surface area contributed by atoms with Crippen LogP contribution in [0.4, 0.5) is 0 Å². The molecule has 4 saturated carbocycles. The van der Waals surface area contributed by atoms with Crippen LogP contribution in [0.3, 0.4) is 0 Å². The lowest BCUT2D eigenvalue weighted by molar-refractivity contribution is -0.382. The second-order valence-corrected chi connectivity index (χ2v) is 21.5. The Kier molecular flexibility index (Phi) is 14.3. The average Bonchev–Trinajstić information content (AvgIpc) is 3.60. The lowest BCUT2D eigenvalue weighted by Gasteiger charge is -2.69. The van der Waals surface area contributed by atoms with Crippen LogP contribution in [-0.4, -0.2) is 164 Å². The van der Waals surface area contributed by atoms with E-state index in [1.807, 2.05) is 13.8 Å². The van der Waals surface area contributed by atoms with Crippen LogP contribution in [-0.2, 0) is 33.2 Å². The smallest absolute Gasteiger partial charge is 0.187 e.